The molecule has 0 radical (unpaired) electrons. The number of carbonyl (C=O) groups is 2. The molecule has 2 heterocycles. The van der Waals surface area contributed by atoms with Crippen molar-refractivity contribution >= 4 is 11.9 Å². The van der Waals surface area contributed by atoms with E-state index < -0.39 is 5.97 Å². The van der Waals surface area contributed by atoms with Crippen molar-refractivity contribution in [2.24, 2.45) is 0 Å². The first-order valence-corrected chi connectivity index (χ1v) is 9.54. The lowest BCUT2D eigenvalue weighted by Crippen LogP contribution is -2.41. The number of benzene rings is 1. The van der Waals surface area contributed by atoms with E-state index in [-0.39, 0.29) is 18.4 Å². The highest BCUT2D eigenvalue weighted by Gasteiger charge is 2.25. The Morgan fingerprint density at radius 2 is 1.93 bits per heavy atom. The maximum atomic E-state index is 12.8. The maximum absolute atomic E-state index is 12.8. The highest BCUT2D eigenvalue weighted by atomic mass is 16.4. The van der Waals surface area contributed by atoms with Crippen LogP contribution in [-0.4, -0.2) is 44.8 Å². The summed E-state index contributed by atoms with van der Waals surface area (Å²) in [7, 11) is 0. The van der Waals surface area contributed by atoms with Gasteiger partial charge in [-0.05, 0) is 56.4 Å². The second-order valence-corrected chi connectivity index (χ2v) is 7.27. The number of carbonyl (C=O) groups excluding carboxylic acids is 1. The van der Waals surface area contributed by atoms with Crippen LogP contribution in [0.1, 0.15) is 58.6 Å². The number of aromatic nitrogens is 2. The van der Waals surface area contributed by atoms with E-state index in [4.69, 9.17) is 5.11 Å². The second kappa shape index (κ2) is 7.94. The Bertz CT molecular complexity index is 839. The van der Waals surface area contributed by atoms with Crippen molar-refractivity contribution in [3.8, 4) is 0 Å². The molecule has 1 aromatic heterocycles. The monoisotopic (exact) mass is 369 g/mol. The average Bonchev–Trinajstić information content (AvgIpc) is 2.94. The molecule has 1 amide bonds. The highest BCUT2D eigenvalue weighted by molar-refractivity contribution is 5.87. The van der Waals surface area contributed by atoms with Crippen LogP contribution in [0.2, 0.25) is 0 Å². The fourth-order valence-corrected chi connectivity index (χ4v) is 4.00. The Labute approximate surface area is 159 Å². The van der Waals surface area contributed by atoms with Crippen molar-refractivity contribution in [3.63, 3.8) is 0 Å². The fraction of sp³-hybridized carbons (Fsp3) is 0.476. The standard InChI is InChI=1S/C21H27N3O3/c1-4-19-14(2)22-24(15(19)3)13-20(25)23-11-5-6-18(12-23)16-7-9-17(10-8-16)21(26)27/h7-10,18H,4-6,11-13H2,1-3H3,(H,26,27)/t18-/m0/s1. The van der Waals surface area contributed by atoms with Crippen molar-refractivity contribution < 1.29 is 14.7 Å². The Morgan fingerprint density at radius 1 is 1.22 bits per heavy atom. The summed E-state index contributed by atoms with van der Waals surface area (Å²) in [5.74, 6) is -0.578. The summed E-state index contributed by atoms with van der Waals surface area (Å²) in [6.45, 7) is 7.83. The van der Waals surface area contributed by atoms with Crippen LogP contribution in [0.4, 0.5) is 0 Å². The van der Waals surface area contributed by atoms with E-state index in [9.17, 15) is 9.59 Å². The molecule has 27 heavy (non-hydrogen) atoms. The third-order valence-electron chi connectivity index (χ3n) is 5.57. The van der Waals surface area contributed by atoms with Crippen LogP contribution in [0.5, 0.6) is 0 Å². The van der Waals surface area contributed by atoms with Gasteiger partial charge in [0.05, 0.1) is 11.3 Å². The van der Waals surface area contributed by atoms with E-state index >= 15 is 0 Å². The number of nitrogens with zero attached hydrogens (tertiary/aromatic N) is 3. The molecule has 1 aliphatic heterocycles. The predicted octanol–water partition coefficient (Wildman–Crippen LogP) is 3.17. The normalized spacial score (nSPS) is 17.1. The number of amides is 1. The number of likely N-dealkylation sites (tertiary alicyclic amines) is 1. The number of hydrogen-bond acceptors (Lipinski definition) is 3. The minimum atomic E-state index is -0.918. The smallest absolute Gasteiger partial charge is 0.335 e. The summed E-state index contributed by atoms with van der Waals surface area (Å²) >= 11 is 0. The number of carboxylic acid groups (broad SMARTS) is 1. The molecule has 1 aliphatic rings. The summed E-state index contributed by atoms with van der Waals surface area (Å²) in [6, 6.07) is 7.02. The number of aromatic carboxylic acids is 1. The van der Waals surface area contributed by atoms with Crippen LogP contribution in [-0.2, 0) is 17.8 Å². The zero-order valence-corrected chi connectivity index (χ0v) is 16.2. The zero-order chi connectivity index (χ0) is 19.6. The van der Waals surface area contributed by atoms with Crippen molar-refractivity contribution in [1.29, 1.82) is 0 Å². The van der Waals surface area contributed by atoms with Gasteiger partial charge in [0, 0.05) is 24.7 Å². The van der Waals surface area contributed by atoms with Gasteiger partial charge >= 0.3 is 5.97 Å². The maximum Gasteiger partial charge on any atom is 0.335 e. The minimum absolute atomic E-state index is 0.0927. The first kappa shape index (κ1) is 19.1. The van der Waals surface area contributed by atoms with Crippen LogP contribution in [0.15, 0.2) is 24.3 Å². The molecule has 0 aliphatic carbocycles. The third kappa shape index (κ3) is 4.04. The van der Waals surface area contributed by atoms with Crippen molar-refractivity contribution in [2.75, 3.05) is 13.1 Å². The molecule has 2 aromatic rings. The molecule has 144 valence electrons. The van der Waals surface area contributed by atoms with Gasteiger partial charge < -0.3 is 10.0 Å². The van der Waals surface area contributed by atoms with Gasteiger partial charge in [0.1, 0.15) is 6.54 Å². The summed E-state index contributed by atoms with van der Waals surface area (Å²) in [6.07, 6.45) is 2.88. The van der Waals surface area contributed by atoms with Gasteiger partial charge in [0.2, 0.25) is 5.91 Å². The number of piperidine rings is 1. The van der Waals surface area contributed by atoms with Gasteiger partial charge in [-0.15, -0.1) is 0 Å². The molecule has 6 heteroatoms. The van der Waals surface area contributed by atoms with Gasteiger partial charge in [0.25, 0.3) is 0 Å². The molecular formula is C21H27N3O3. The Hall–Kier alpha value is -2.63. The number of carboxylic acids is 1. The lowest BCUT2D eigenvalue weighted by Gasteiger charge is -2.33. The van der Waals surface area contributed by atoms with E-state index in [0.717, 1.165) is 42.8 Å². The topological polar surface area (TPSA) is 75.4 Å². The van der Waals surface area contributed by atoms with E-state index in [1.807, 2.05) is 35.6 Å². The molecule has 1 saturated heterocycles. The van der Waals surface area contributed by atoms with Crippen LogP contribution < -0.4 is 0 Å². The molecule has 0 saturated carbocycles. The molecule has 6 nitrogen and oxygen atoms in total. The summed E-state index contributed by atoms with van der Waals surface area (Å²) in [5.41, 5.74) is 4.67. The summed E-state index contributed by atoms with van der Waals surface area (Å²) in [5, 5.41) is 13.6. The van der Waals surface area contributed by atoms with Gasteiger partial charge in [0.15, 0.2) is 0 Å². The molecule has 0 unspecified atom stereocenters. The van der Waals surface area contributed by atoms with Gasteiger partial charge in [-0.25, -0.2) is 4.79 Å². The molecule has 1 aromatic carbocycles. The van der Waals surface area contributed by atoms with Crippen molar-refractivity contribution in [1.82, 2.24) is 14.7 Å². The lowest BCUT2D eigenvalue weighted by atomic mass is 9.90. The summed E-state index contributed by atoms with van der Waals surface area (Å²) in [4.78, 5) is 25.8. The average molecular weight is 369 g/mol. The van der Waals surface area contributed by atoms with Crippen LogP contribution in [0.3, 0.4) is 0 Å². The molecule has 1 fully saturated rings. The predicted molar refractivity (Wildman–Crippen MR) is 103 cm³/mol. The Morgan fingerprint density at radius 3 is 2.52 bits per heavy atom. The number of aryl methyl sites for hydroxylation is 1. The van der Waals surface area contributed by atoms with Crippen LogP contribution in [0, 0.1) is 13.8 Å². The SMILES string of the molecule is CCc1c(C)nn(CC(=O)N2CCC[C@H](c3ccc(C(=O)O)cc3)C2)c1C. The van der Waals surface area contributed by atoms with Crippen molar-refractivity contribution in [2.45, 2.75) is 52.5 Å². The molecular weight excluding hydrogens is 342 g/mol. The fourth-order valence-electron chi connectivity index (χ4n) is 4.00. The van der Waals surface area contributed by atoms with Gasteiger partial charge in [-0.2, -0.15) is 5.10 Å². The first-order valence-electron chi connectivity index (χ1n) is 9.54. The van der Waals surface area contributed by atoms with Crippen LogP contribution in [0.25, 0.3) is 0 Å². The minimum Gasteiger partial charge on any atom is -0.478 e. The zero-order valence-electron chi connectivity index (χ0n) is 16.2. The van der Waals surface area contributed by atoms with E-state index in [1.54, 1.807) is 12.1 Å². The quantitative estimate of drug-likeness (QED) is 0.878. The van der Waals surface area contributed by atoms with Crippen LogP contribution >= 0.6 is 0 Å². The molecule has 1 atom stereocenters. The third-order valence-corrected chi connectivity index (χ3v) is 5.57. The lowest BCUT2D eigenvalue weighted by molar-refractivity contribution is -0.133. The second-order valence-electron chi connectivity index (χ2n) is 7.27. The molecule has 0 spiro atoms. The van der Waals surface area contributed by atoms with E-state index in [0.29, 0.717) is 12.1 Å². The van der Waals surface area contributed by atoms with E-state index in [2.05, 4.69) is 12.0 Å². The molecule has 3 rings (SSSR count). The van der Waals surface area contributed by atoms with Crippen molar-refractivity contribution in [3.05, 3.63) is 52.3 Å². The van der Waals surface area contributed by atoms with Gasteiger partial charge in [-0.1, -0.05) is 19.1 Å². The number of rotatable bonds is 5. The van der Waals surface area contributed by atoms with E-state index in [1.165, 1.54) is 5.56 Å². The largest absolute Gasteiger partial charge is 0.478 e. The van der Waals surface area contributed by atoms with Gasteiger partial charge in [-0.3, -0.25) is 9.48 Å². The first-order chi connectivity index (χ1) is 12.9. The molecule has 1 N–H and O–H groups in total. The highest BCUT2D eigenvalue weighted by Crippen LogP contribution is 2.27. The number of hydrogen-bond donors (Lipinski definition) is 1. The Balaban J connectivity index is 1.68. The summed E-state index contributed by atoms with van der Waals surface area (Å²) < 4.78 is 1.82. The molecule has 0 bridgehead atoms. The Kier molecular flexibility index (Phi) is 5.63.